The molecular formula is C24H33N3O2S. The van der Waals surface area contributed by atoms with Crippen molar-refractivity contribution in [2.75, 3.05) is 13.6 Å². The van der Waals surface area contributed by atoms with E-state index in [4.69, 9.17) is 0 Å². The molecule has 0 radical (unpaired) electrons. The van der Waals surface area contributed by atoms with Crippen molar-refractivity contribution in [1.82, 2.24) is 14.8 Å². The molecule has 0 aliphatic carbocycles. The molecule has 1 unspecified atom stereocenters. The highest BCUT2D eigenvalue weighted by Crippen LogP contribution is 2.32. The Morgan fingerprint density at radius 1 is 1.17 bits per heavy atom. The zero-order chi connectivity index (χ0) is 22.2. The minimum Gasteiger partial charge on any atom is -0.337 e. The molecule has 6 heteroatoms. The fraction of sp³-hybridized carbons (Fsp3) is 0.542. The number of likely N-dealkylation sites (tertiary alicyclic amines) is 1. The van der Waals surface area contributed by atoms with Crippen LogP contribution in [0.2, 0.25) is 0 Å². The van der Waals surface area contributed by atoms with Gasteiger partial charge in [-0.3, -0.25) is 9.59 Å². The van der Waals surface area contributed by atoms with Crippen LogP contribution in [0.25, 0.3) is 10.4 Å². The lowest BCUT2D eigenvalue weighted by Crippen LogP contribution is -2.48. The molecule has 2 heterocycles. The second-order valence-electron chi connectivity index (χ2n) is 8.90. The van der Waals surface area contributed by atoms with Crippen LogP contribution in [0.15, 0.2) is 24.3 Å². The summed E-state index contributed by atoms with van der Waals surface area (Å²) in [7, 11) is 1.85. The highest BCUT2D eigenvalue weighted by molar-refractivity contribution is 7.15. The number of carbonyl (C=O) groups excluding carboxylic acids is 2. The van der Waals surface area contributed by atoms with Gasteiger partial charge >= 0.3 is 0 Å². The summed E-state index contributed by atoms with van der Waals surface area (Å²) >= 11 is 1.70. The van der Waals surface area contributed by atoms with Crippen LogP contribution in [-0.4, -0.2) is 46.2 Å². The normalized spacial score (nSPS) is 19.9. The van der Waals surface area contributed by atoms with Gasteiger partial charge in [0.1, 0.15) is 6.04 Å². The van der Waals surface area contributed by atoms with E-state index >= 15 is 0 Å². The minimum atomic E-state index is -0.357. The number of rotatable bonds is 5. The number of likely N-dealkylation sites (N-methyl/N-ethyl adjacent to an activating group) is 1. The fourth-order valence-electron chi connectivity index (χ4n) is 4.22. The van der Waals surface area contributed by atoms with E-state index in [-0.39, 0.29) is 29.8 Å². The van der Waals surface area contributed by atoms with Crippen LogP contribution in [0.3, 0.4) is 0 Å². The van der Waals surface area contributed by atoms with Gasteiger partial charge in [-0.1, -0.05) is 45.0 Å². The van der Waals surface area contributed by atoms with Crippen LogP contribution >= 0.6 is 11.3 Å². The molecule has 3 atom stereocenters. The summed E-state index contributed by atoms with van der Waals surface area (Å²) in [5.41, 5.74) is 3.29. The van der Waals surface area contributed by atoms with Gasteiger partial charge in [-0.2, -0.15) is 0 Å². The number of hydrogen-bond acceptors (Lipinski definition) is 4. The lowest BCUT2D eigenvalue weighted by Gasteiger charge is -2.32. The molecule has 5 nitrogen and oxygen atoms in total. The van der Waals surface area contributed by atoms with Gasteiger partial charge in [-0.25, -0.2) is 4.98 Å². The minimum absolute atomic E-state index is 0.0267. The molecule has 2 amide bonds. The molecule has 3 rings (SSSR count). The Morgan fingerprint density at radius 3 is 2.33 bits per heavy atom. The van der Waals surface area contributed by atoms with Gasteiger partial charge in [0, 0.05) is 19.5 Å². The summed E-state index contributed by atoms with van der Waals surface area (Å²) in [6, 6.07) is 7.97. The third-order valence-corrected chi connectivity index (χ3v) is 7.18. The first kappa shape index (κ1) is 22.5. The third-order valence-electron chi connectivity index (χ3n) is 6.06. The van der Waals surface area contributed by atoms with Crippen LogP contribution in [0.4, 0.5) is 0 Å². The van der Waals surface area contributed by atoms with Crippen molar-refractivity contribution in [3.8, 4) is 10.4 Å². The maximum Gasteiger partial charge on any atom is 0.245 e. The Labute approximate surface area is 184 Å². The summed E-state index contributed by atoms with van der Waals surface area (Å²) < 4.78 is 0. The monoisotopic (exact) mass is 427 g/mol. The number of carbonyl (C=O) groups is 2. The van der Waals surface area contributed by atoms with Crippen molar-refractivity contribution in [3.05, 3.63) is 40.5 Å². The number of aryl methyl sites for hydroxylation is 2. The van der Waals surface area contributed by atoms with Gasteiger partial charge in [0.25, 0.3) is 0 Å². The van der Waals surface area contributed by atoms with Crippen molar-refractivity contribution >= 4 is 23.2 Å². The quantitative estimate of drug-likeness (QED) is 0.686. The molecule has 1 aliphatic rings. The zero-order valence-corrected chi connectivity index (χ0v) is 19.9. The number of nitrogens with zero attached hydrogens (tertiary/aromatic N) is 3. The second kappa shape index (κ2) is 8.88. The molecule has 1 aromatic carbocycles. The van der Waals surface area contributed by atoms with E-state index < -0.39 is 0 Å². The van der Waals surface area contributed by atoms with Crippen molar-refractivity contribution in [3.63, 3.8) is 0 Å². The first-order valence-electron chi connectivity index (χ1n) is 10.7. The van der Waals surface area contributed by atoms with Gasteiger partial charge < -0.3 is 9.80 Å². The summed E-state index contributed by atoms with van der Waals surface area (Å²) in [5.74, 6) is 0.340. The predicted octanol–water partition coefficient (Wildman–Crippen LogP) is 4.84. The predicted molar refractivity (Wildman–Crippen MR) is 122 cm³/mol. The molecule has 30 heavy (non-hydrogen) atoms. The third kappa shape index (κ3) is 4.43. The molecular weight excluding hydrogens is 394 g/mol. The number of benzene rings is 1. The molecule has 1 saturated heterocycles. The summed E-state index contributed by atoms with van der Waals surface area (Å²) in [6.45, 7) is 12.7. The first-order valence-corrected chi connectivity index (χ1v) is 11.5. The van der Waals surface area contributed by atoms with E-state index in [1.54, 1.807) is 21.1 Å². The van der Waals surface area contributed by atoms with E-state index in [9.17, 15) is 9.59 Å². The van der Waals surface area contributed by atoms with Crippen LogP contribution in [0.1, 0.15) is 56.4 Å². The Bertz CT molecular complexity index is 919. The maximum atomic E-state index is 13.3. The largest absolute Gasteiger partial charge is 0.337 e. The van der Waals surface area contributed by atoms with E-state index in [2.05, 4.69) is 36.2 Å². The summed E-state index contributed by atoms with van der Waals surface area (Å²) in [6.07, 6.45) is 0.733. The molecule has 2 aromatic rings. The lowest BCUT2D eigenvalue weighted by molar-refractivity contribution is -0.145. The summed E-state index contributed by atoms with van der Waals surface area (Å²) in [5, 5.41) is 1.07. The fourth-order valence-corrected chi connectivity index (χ4v) is 5.14. The number of hydrogen-bond donors (Lipinski definition) is 0. The molecule has 0 bridgehead atoms. The molecule has 0 saturated carbocycles. The topological polar surface area (TPSA) is 53.5 Å². The van der Waals surface area contributed by atoms with Crippen LogP contribution in [-0.2, 0) is 9.59 Å². The maximum absolute atomic E-state index is 13.3. The molecule has 0 N–H and O–H groups in total. The van der Waals surface area contributed by atoms with E-state index in [1.807, 2.05) is 41.7 Å². The van der Waals surface area contributed by atoms with Crippen LogP contribution < -0.4 is 0 Å². The van der Waals surface area contributed by atoms with Crippen LogP contribution in [0.5, 0.6) is 0 Å². The first-order chi connectivity index (χ1) is 14.1. The van der Waals surface area contributed by atoms with Gasteiger partial charge in [-0.05, 0) is 44.2 Å². The lowest BCUT2D eigenvalue weighted by atomic mass is 10.0. The van der Waals surface area contributed by atoms with Crippen molar-refractivity contribution in [2.45, 2.75) is 60.0 Å². The SMILES string of the molecule is Cc1nc(C)c(-c2ccc(C(C)N(C)C(=O)[C@@H]3C[C@@H](C)CN3C(=O)C(C)C)cc2)s1. The number of amides is 2. The van der Waals surface area contributed by atoms with Crippen LogP contribution in [0, 0.1) is 25.7 Å². The average Bonchev–Trinajstić information content (AvgIpc) is 3.27. The number of thiazole rings is 1. The molecule has 0 spiro atoms. The molecule has 1 aromatic heterocycles. The Kier molecular flexibility index (Phi) is 6.65. The molecule has 1 fully saturated rings. The zero-order valence-electron chi connectivity index (χ0n) is 19.1. The smallest absolute Gasteiger partial charge is 0.245 e. The van der Waals surface area contributed by atoms with Gasteiger partial charge in [-0.15, -0.1) is 11.3 Å². The van der Waals surface area contributed by atoms with Gasteiger partial charge in [0.2, 0.25) is 11.8 Å². The average molecular weight is 428 g/mol. The van der Waals surface area contributed by atoms with E-state index in [0.29, 0.717) is 12.5 Å². The Morgan fingerprint density at radius 2 is 1.80 bits per heavy atom. The van der Waals surface area contributed by atoms with Gasteiger partial charge in [0.15, 0.2) is 0 Å². The Balaban J connectivity index is 1.76. The highest BCUT2D eigenvalue weighted by Gasteiger charge is 2.40. The molecule has 1 aliphatic heterocycles. The van der Waals surface area contributed by atoms with Gasteiger partial charge in [0.05, 0.1) is 21.6 Å². The van der Waals surface area contributed by atoms with Crippen molar-refractivity contribution in [1.29, 1.82) is 0 Å². The van der Waals surface area contributed by atoms with Crippen molar-refractivity contribution in [2.24, 2.45) is 11.8 Å². The van der Waals surface area contributed by atoms with Crippen molar-refractivity contribution < 1.29 is 9.59 Å². The Hall–Kier alpha value is -2.21. The standard InChI is InChI=1S/C24H33N3O2S/c1-14(2)23(28)27-13-15(3)12-21(27)24(29)26(7)17(5)19-8-10-20(11-9-19)22-16(4)25-18(6)30-22/h8-11,14-15,17,21H,12-13H2,1-7H3/t15-,17?,21+/m1/s1. The second-order valence-corrected chi connectivity index (χ2v) is 10.1. The number of aromatic nitrogens is 1. The summed E-state index contributed by atoms with van der Waals surface area (Å²) in [4.78, 5) is 35.2. The van der Waals surface area contributed by atoms with E-state index in [1.165, 1.54) is 4.88 Å². The highest BCUT2D eigenvalue weighted by atomic mass is 32.1. The molecule has 162 valence electrons. The van der Waals surface area contributed by atoms with E-state index in [0.717, 1.165) is 28.2 Å².